The van der Waals surface area contributed by atoms with Gasteiger partial charge in [-0.1, -0.05) is 28.9 Å². The molecule has 0 aliphatic heterocycles. The van der Waals surface area contributed by atoms with Crippen molar-refractivity contribution in [3.63, 3.8) is 0 Å². The Hall–Kier alpha value is -0.860. The molecule has 0 saturated heterocycles. The van der Waals surface area contributed by atoms with Crippen molar-refractivity contribution in [2.45, 2.75) is 29.9 Å². The molecule has 0 N–H and O–H groups in total. The Morgan fingerprint density at radius 2 is 2.19 bits per heavy atom. The van der Waals surface area contributed by atoms with E-state index in [0.717, 1.165) is 4.47 Å². The second-order valence-corrected chi connectivity index (χ2v) is 6.54. The summed E-state index contributed by atoms with van der Waals surface area (Å²) in [6.07, 6.45) is 0.480. The Kier molecular flexibility index (Phi) is 4.51. The molecule has 16 heavy (non-hydrogen) atoms. The normalized spacial score (nSPS) is 13.1. The highest BCUT2D eigenvalue weighted by atomic mass is 79.9. The SMILES string of the molecule is CCC(CC#N)S(=O)(=O)c1cccc(Br)c1. The summed E-state index contributed by atoms with van der Waals surface area (Å²) in [5.74, 6) is 0. The fraction of sp³-hybridized carbons (Fsp3) is 0.364. The van der Waals surface area contributed by atoms with Crippen molar-refractivity contribution in [3.05, 3.63) is 28.7 Å². The number of benzene rings is 1. The van der Waals surface area contributed by atoms with Gasteiger partial charge in [-0.25, -0.2) is 8.42 Å². The summed E-state index contributed by atoms with van der Waals surface area (Å²) < 4.78 is 25.0. The number of hydrogen-bond acceptors (Lipinski definition) is 3. The summed E-state index contributed by atoms with van der Waals surface area (Å²) >= 11 is 3.24. The van der Waals surface area contributed by atoms with Crippen molar-refractivity contribution >= 4 is 25.8 Å². The van der Waals surface area contributed by atoms with Crippen LogP contribution in [-0.4, -0.2) is 13.7 Å². The first-order valence-corrected chi connectivity index (χ1v) is 7.22. The highest BCUT2D eigenvalue weighted by Crippen LogP contribution is 2.23. The average molecular weight is 302 g/mol. The molecule has 0 bridgehead atoms. The zero-order valence-corrected chi connectivity index (χ0v) is 11.3. The molecule has 0 saturated carbocycles. The first-order valence-electron chi connectivity index (χ1n) is 4.88. The standard InChI is InChI=1S/C11H12BrNO2S/c1-2-10(6-7-13)16(14,15)11-5-3-4-9(12)8-11/h3-5,8,10H,2,6H2,1H3. The van der Waals surface area contributed by atoms with Gasteiger partial charge in [-0.05, 0) is 24.6 Å². The van der Waals surface area contributed by atoms with Gasteiger partial charge in [0.05, 0.1) is 22.6 Å². The van der Waals surface area contributed by atoms with Gasteiger partial charge in [0, 0.05) is 4.47 Å². The third kappa shape index (κ3) is 2.83. The highest BCUT2D eigenvalue weighted by Gasteiger charge is 2.25. The van der Waals surface area contributed by atoms with Gasteiger partial charge in [0.15, 0.2) is 9.84 Å². The van der Waals surface area contributed by atoms with E-state index in [9.17, 15) is 8.42 Å². The predicted octanol–water partition coefficient (Wildman–Crippen LogP) is 2.92. The Balaban J connectivity index is 3.16. The summed E-state index contributed by atoms with van der Waals surface area (Å²) in [7, 11) is -3.39. The van der Waals surface area contributed by atoms with Gasteiger partial charge in [0.2, 0.25) is 0 Å². The number of halogens is 1. The van der Waals surface area contributed by atoms with Crippen LogP contribution in [0.15, 0.2) is 33.6 Å². The number of sulfone groups is 1. The number of rotatable bonds is 4. The Labute approximate surface area is 104 Å². The van der Waals surface area contributed by atoms with Crippen molar-refractivity contribution in [2.24, 2.45) is 0 Å². The van der Waals surface area contributed by atoms with E-state index in [1.807, 2.05) is 6.07 Å². The molecule has 0 amide bonds. The molecule has 0 aromatic heterocycles. The molecule has 0 fully saturated rings. The summed E-state index contributed by atoms with van der Waals surface area (Å²) in [5, 5.41) is 7.99. The van der Waals surface area contributed by atoms with E-state index >= 15 is 0 Å². The molecule has 3 nitrogen and oxygen atoms in total. The number of hydrogen-bond donors (Lipinski definition) is 0. The average Bonchev–Trinajstić information content (AvgIpc) is 2.25. The van der Waals surface area contributed by atoms with Crippen molar-refractivity contribution in [3.8, 4) is 6.07 Å². The Bertz CT molecular complexity index is 505. The fourth-order valence-corrected chi connectivity index (χ4v) is 3.64. The van der Waals surface area contributed by atoms with Crippen LogP contribution in [0.25, 0.3) is 0 Å². The van der Waals surface area contributed by atoms with Crippen LogP contribution in [0.4, 0.5) is 0 Å². The highest BCUT2D eigenvalue weighted by molar-refractivity contribution is 9.10. The Morgan fingerprint density at radius 1 is 1.50 bits per heavy atom. The first-order chi connectivity index (χ1) is 7.52. The lowest BCUT2D eigenvalue weighted by molar-refractivity contribution is 0.576. The van der Waals surface area contributed by atoms with Crippen molar-refractivity contribution in [1.82, 2.24) is 0 Å². The van der Waals surface area contributed by atoms with Crippen LogP contribution in [0, 0.1) is 11.3 Å². The minimum absolute atomic E-state index is 0.0331. The van der Waals surface area contributed by atoms with Crippen LogP contribution < -0.4 is 0 Å². The predicted molar refractivity (Wildman–Crippen MR) is 65.6 cm³/mol. The minimum atomic E-state index is -3.39. The third-order valence-corrected chi connectivity index (χ3v) is 5.12. The van der Waals surface area contributed by atoms with Crippen molar-refractivity contribution in [1.29, 1.82) is 5.26 Å². The van der Waals surface area contributed by atoms with Crippen LogP contribution in [0.3, 0.4) is 0 Å². The lowest BCUT2D eigenvalue weighted by Crippen LogP contribution is -2.20. The fourth-order valence-electron chi connectivity index (χ4n) is 1.41. The van der Waals surface area contributed by atoms with Crippen molar-refractivity contribution in [2.75, 3.05) is 0 Å². The molecule has 1 rings (SSSR count). The smallest absolute Gasteiger partial charge is 0.182 e. The molecule has 1 unspecified atom stereocenters. The second-order valence-electron chi connectivity index (χ2n) is 3.39. The van der Waals surface area contributed by atoms with Crippen LogP contribution in [-0.2, 0) is 9.84 Å². The van der Waals surface area contributed by atoms with Crippen LogP contribution >= 0.6 is 15.9 Å². The maximum absolute atomic E-state index is 12.1. The monoisotopic (exact) mass is 301 g/mol. The summed E-state index contributed by atoms with van der Waals surface area (Å²) in [6.45, 7) is 1.78. The summed E-state index contributed by atoms with van der Waals surface area (Å²) in [5.41, 5.74) is 0. The molecule has 0 radical (unpaired) electrons. The quantitative estimate of drug-likeness (QED) is 0.859. The van der Waals surface area contributed by atoms with E-state index < -0.39 is 15.1 Å². The van der Waals surface area contributed by atoms with Crippen LogP contribution in [0.2, 0.25) is 0 Å². The molecule has 5 heteroatoms. The van der Waals surface area contributed by atoms with Gasteiger partial charge in [0.25, 0.3) is 0 Å². The van der Waals surface area contributed by atoms with Gasteiger partial charge in [-0.2, -0.15) is 5.26 Å². The molecule has 0 aliphatic rings. The molecular formula is C11H12BrNO2S. The third-order valence-electron chi connectivity index (χ3n) is 2.34. The molecular weight excluding hydrogens is 290 g/mol. The zero-order valence-electron chi connectivity index (χ0n) is 8.85. The molecule has 86 valence electrons. The largest absolute Gasteiger partial charge is 0.223 e. The minimum Gasteiger partial charge on any atom is -0.223 e. The maximum atomic E-state index is 12.1. The zero-order chi connectivity index (χ0) is 12.2. The summed E-state index contributed by atoms with van der Waals surface area (Å²) in [6, 6.07) is 8.48. The molecule has 0 aliphatic carbocycles. The lowest BCUT2D eigenvalue weighted by Gasteiger charge is -2.12. The van der Waals surface area contributed by atoms with E-state index in [-0.39, 0.29) is 11.3 Å². The molecule has 1 atom stereocenters. The van der Waals surface area contributed by atoms with E-state index in [1.54, 1.807) is 31.2 Å². The molecule has 1 aromatic carbocycles. The van der Waals surface area contributed by atoms with E-state index in [4.69, 9.17) is 5.26 Å². The topological polar surface area (TPSA) is 57.9 Å². The van der Waals surface area contributed by atoms with Gasteiger partial charge >= 0.3 is 0 Å². The van der Waals surface area contributed by atoms with Gasteiger partial charge < -0.3 is 0 Å². The van der Waals surface area contributed by atoms with Crippen molar-refractivity contribution < 1.29 is 8.42 Å². The molecule has 0 spiro atoms. The van der Waals surface area contributed by atoms with Gasteiger partial charge in [-0.15, -0.1) is 0 Å². The van der Waals surface area contributed by atoms with Gasteiger partial charge in [0.1, 0.15) is 0 Å². The van der Waals surface area contributed by atoms with Crippen LogP contribution in [0.5, 0.6) is 0 Å². The van der Waals surface area contributed by atoms with Crippen LogP contribution in [0.1, 0.15) is 19.8 Å². The number of nitrogens with zero attached hydrogens (tertiary/aromatic N) is 1. The van der Waals surface area contributed by atoms with E-state index in [2.05, 4.69) is 15.9 Å². The van der Waals surface area contributed by atoms with E-state index in [1.165, 1.54) is 0 Å². The second kappa shape index (κ2) is 5.46. The number of nitriles is 1. The summed E-state index contributed by atoms with van der Waals surface area (Å²) in [4.78, 5) is 0.268. The molecule has 0 heterocycles. The van der Waals surface area contributed by atoms with E-state index in [0.29, 0.717) is 6.42 Å². The maximum Gasteiger partial charge on any atom is 0.182 e. The molecule has 1 aromatic rings. The Morgan fingerprint density at radius 3 is 2.69 bits per heavy atom. The van der Waals surface area contributed by atoms with Gasteiger partial charge in [-0.3, -0.25) is 0 Å². The lowest BCUT2D eigenvalue weighted by atomic mass is 10.3. The first kappa shape index (κ1) is 13.2.